The third kappa shape index (κ3) is 71.4. The van der Waals surface area contributed by atoms with Gasteiger partial charge in [-0.2, -0.15) is 0 Å². The highest BCUT2D eigenvalue weighted by Gasteiger charge is 2.26. The number of hydrogen-bond acceptors (Lipinski definition) is 8. The summed E-state index contributed by atoms with van der Waals surface area (Å²) in [5.41, 5.74) is 5.41. The first-order chi connectivity index (χ1) is 41.8. The molecule has 0 aromatic heterocycles. The molecule has 0 saturated carbocycles. The fourth-order valence-electron chi connectivity index (χ4n) is 11.7. The number of carbonyl (C=O) groups excluding carboxylic acids is 2. The SMILES string of the molecule is CCCCCCC/C=C\C/C=C\CCCCCCCCCCCCCCCCCCCCCCCCCC(=O)OC(COC(=O)CCCCCCCCCCCCCCCCCCCCCCCCCCCCCCC)COP(=O)(O)OCCN. The predicted molar refractivity (Wildman–Crippen MR) is 368 cm³/mol. The van der Waals surface area contributed by atoms with E-state index < -0.39 is 26.5 Å². The average molecular weight is 1220 g/mol. The molecule has 0 aromatic carbocycles. The van der Waals surface area contributed by atoms with Crippen LogP contribution in [0.5, 0.6) is 0 Å². The van der Waals surface area contributed by atoms with E-state index in [4.69, 9.17) is 24.3 Å². The van der Waals surface area contributed by atoms with Crippen molar-refractivity contribution in [3.8, 4) is 0 Å². The summed E-state index contributed by atoms with van der Waals surface area (Å²) >= 11 is 0. The first kappa shape index (κ1) is 83.5. The molecule has 0 fully saturated rings. The number of allylic oxidation sites excluding steroid dienone is 4. The maximum atomic E-state index is 12.8. The second-order valence-electron chi connectivity index (χ2n) is 25.9. The van der Waals surface area contributed by atoms with E-state index in [0.717, 1.165) is 38.5 Å². The van der Waals surface area contributed by atoms with Gasteiger partial charge in [-0.25, -0.2) is 4.57 Å². The van der Waals surface area contributed by atoms with Gasteiger partial charge in [-0.15, -0.1) is 0 Å². The van der Waals surface area contributed by atoms with Gasteiger partial charge >= 0.3 is 19.8 Å². The highest BCUT2D eigenvalue weighted by atomic mass is 31.2. The van der Waals surface area contributed by atoms with Crippen LogP contribution in [-0.4, -0.2) is 49.3 Å². The quantitative estimate of drug-likeness (QED) is 0.0264. The summed E-state index contributed by atoms with van der Waals surface area (Å²) in [7, 11) is -4.39. The van der Waals surface area contributed by atoms with Crippen LogP contribution in [0.25, 0.3) is 0 Å². The van der Waals surface area contributed by atoms with Gasteiger partial charge in [-0.05, 0) is 44.9 Å². The van der Waals surface area contributed by atoms with Crippen molar-refractivity contribution in [2.45, 2.75) is 418 Å². The number of nitrogens with two attached hydrogens (primary N) is 1. The number of hydrogen-bond donors (Lipinski definition) is 2. The van der Waals surface area contributed by atoms with Crippen molar-refractivity contribution < 1.29 is 37.6 Å². The van der Waals surface area contributed by atoms with Gasteiger partial charge in [-0.3, -0.25) is 18.6 Å². The molecule has 2 unspecified atom stereocenters. The molecule has 9 nitrogen and oxygen atoms in total. The zero-order valence-electron chi connectivity index (χ0n) is 56.9. The first-order valence-corrected chi connectivity index (χ1v) is 39.3. The molecule has 504 valence electrons. The monoisotopic (exact) mass is 1220 g/mol. The summed E-state index contributed by atoms with van der Waals surface area (Å²) in [6.45, 7) is 3.83. The van der Waals surface area contributed by atoms with E-state index >= 15 is 0 Å². The van der Waals surface area contributed by atoms with Crippen LogP contribution < -0.4 is 5.73 Å². The van der Waals surface area contributed by atoms with Gasteiger partial charge in [0.1, 0.15) is 6.61 Å². The van der Waals surface area contributed by atoms with Crippen molar-refractivity contribution in [3.05, 3.63) is 24.3 Å². The van der Waals surface area contributed by atoms with E-state index in [1.807, 2.05) is 0 Å². The summed E-state index contributed by atoms with van der Waals surface area (Å²) in [6.07, 6.45) is 88.8. The van der Waals surface area contributed by atoms with Crippen LogP contribution in [0.4, 0.5) is 0 Å². The smallest absolute Gasteiger partial charge is 0.462 e. The van der Waals surface area contributed by atoms with E-state index in [1.54, 1.807) is 0 Å². The molecule has 0 aliphatic heterocycles. The van der Waals surface area contributed by atoms with Crippen molar-refractivity contribution >= 4 is 19.8 Å². The van der Waals surface area contributed by atoms with Crippen LogP contribution in [0.1, 0.15) is 412 Å². The van der Waals surface area contributed by atoms with Gasteiger partial charge in [0.05, 0.1) is 13.2 Å². The Balaban J connectivity index is 3.77. The molecule has 0 amide bonds. The second kappa shape index (κ2) is 71.6. The van der Waals surface area contributed by atoms with Crippen LogP contribution in [0.15, 0.2) is 24.3 Å². The fourth-order valence-corrected chi connectivity index (χ4v) is 12.5. The summed E-state index contributed by atoms with van der Waals surface area (Å²) < 4.78 is 33.2. The zero-order chi connectivity index (χ0) is 61.6. The minimum absolute atomic E-state index is 0.0575. The Hall–Kier alpha value is -1.51. The molecule has 0 heterocycles. The Kier molecular flexibility index (Phi) is 70.3. The molecule has 85 heavy (non-hydrogen) atoms. The molecule has 0 rings (SSSR count). The molecule has 0 aromatic rings. The molecular formula is C75H146NO8P. The van der Waals surface area contributed by atoms with E-state index in [-0.39, 0.29) is 38.6 Å². The third-order valence-corrected chi connectivity index (χ3v) is 18.3. The summed E-state index contributed by atoms with van der Waals surface area (Å²) in [4.78, 5) is 35.4. The standard InChI is InChI=1S/C75H146NO8P/c1-3-5-7-9-11-13-15-17-19-21-23-25-27-29-31-33-34-35-36-37-38-40-42-44-46-48-50-52-54-56-58-60-62-64-66-68-75(78)84-73(72-83-85(79,80)82-70-69-76)71-81-74(77)67-65-63-61-59-57-55-53-51-49-47-45-43-41-39-32-30-28-26-24-22-20-18-16-14-12-10-8-6-4-2/h15,17,21,23,73H,3-14,16,18-20,22,24-72,76H2,1-2H3,(H,79,80)/b17-15-,23-21-. The fraction of sp³-hybridized carbons (Fsp3) is 0.920. The minimum atomic E-state index is -4.39. The number of carbonyl (C=O) groups is 2. The Morgan fingerprint density at radius 2 is 0.612 bits per heavy atom. The molecule has 0 aliphatic rings. The zero-order valence-corrected chi connectivity index (χ0v) is 57.8. The summed E-state index contributed by atoms with van der Waals surface area (Å²) in [5.74, 6) is -0.799. The van der Waals surface area contributed by atoms with Gasteiger partial charge < -0.3 is 20.1 Å². The molecule has 0 aliphatic carbocycles. The van der Waals surface area contributed by atoms with E-state index in [2.05, 4.69) is 38.2 Å². The maximum absolute atomic E-state index is 12.8. The Bertz CT molecular complexity index is 1440. The maximum Gasteiger partial charge on any atom is 0.472 e. The van der Waals surface area contributed by atoms with E-state index in [9.17, 15) is 19.0 Å². The molecule has 10 heteroatoms. The number of phosphoric ester groups is 1. The lowest BCUT2D eigenvalue weighted by atomic mass is 10.0. The topological polar surface area (TPSA) is 134 Å². The second-order valence-corrected chi connectivity index (χ2v) is 27.3. The molecule has 0 bridgehead atoms. The van der Waals surface area contributed by atoms with Crippen molar-refractivity contribution in [2.75, 3.05) is 26.4 Å². The van der Waals surface area contributed by atoms with Gasteiger partial charge in [0.15, 0.2) is 6.10 Å². The normalized spacial score (nSPS) is 12.9. The Labute approximate surface area is 529 Å². The Morgan fingerprint density at radius 3 is 0.894 bits per heavy atom. The number of ether oxygens (including phenoxy) is 2. The van der Waals surface area contributed by atoms with Crippen molar-refractivity contribution in [3.63, 3.8) is 0 Å². The lowest BCUT2D eigenvalue weighted by molar-refractivity contribution is -0.161. The highest BCUT2D eigenvalue weighted by Crippen LogP contribution is 2.43. The molecule has 0 spiro atoms. The van der Waals surface area contributed by atoms with Crippen molar-refractivity contribution in [2.24, 2.45) is 5.73 Å². The Morgan fingerprint density at radius 1 is 0.353 bits per heavy atom. The molecule has 0 saturated heterocycles. The number of unbranched alkanes of at least 4 members (excludes halogenated alkanes) is 56. The lowest BCUT2D eigenvalue weighted by Crippen LogP contribution is -2.29. The molecular weight excluding hydrogens is 1070 g/mol. The van der Waals surface area contributed by atoms with Gasteiger partial charge in [-0.1, -0.05) is 378 Å². The van der Waals surface area contributed by atoms with Crippen molar-refractivity contribution in [1.29, 1.82) is 0 Å². The van der Waals surface area contributed by atoms with Gasteiger partial charge in [0.25, 0.3) is 0 Å². The number of rotatable bonds is 73. The van der Waals surface area contributed by atoms with Crippen LogP contribution in [0.2, 0.25) is 0 Å². The third-order valence-electron chi connectivity index (χ3n) is 17.3. The van der Waals surface area contributed by atoms with Crippen LogP contribution in [0, 0.1) is 0 Å². The van der Waals surface area contributed by atoms with E-state index in [0.29, 0.717) is 6.42 Å². The largest absolute Gasteiger partial charge is 0.472 e. The van der Waals surface area contributed by atoms with Crippen LogP contribution in [-0.2, 0) is 32.7 Å². The van der Waals surface area contributed by atoms with Crippen LogP contribution in [0.3, 0.4) is 0 Å². The number of phosphoric acid groups is 1. The van der Waals surface area contributed by atoms with Crippen LogP contribution >= 0.6 is 7.82 Å². The average Bonchev–Trinajstić information content (AvgIpc) is 3.52. The highest BCUT2D eigenvalue weighted by molar-refractivity contribution is 7.47. The minimum Gasteiger partial charge on any atom is -0.462 e. The molecule has 0 radical (unpaired) electrons. The van der Waals surface area contributed by atoms with Gasteiger partial charge in [0, 0.05) is 19.4 Å². The summed E-state index contributed by atoms with van der Waals surface area (Å²) in [5, 5.41) is 0. The first-order valence-electron chi connectivity index (χ1n) is 37.8. The molecule has 3 N–H and O–H groups in total. The predicted octanol–water partition coefficient (Wildman–Crippen LogP) is 24.9. The van der Waals surface area contributed by atoms with Crippen molar-refractivity contribution in [1.82, 2.24) is 0 Å². The molecule has 2 atom stereocenters. The van der Waals surface area contributed by atoms with Gasteiger partial charge in [0.2, 0.25) is 0 Å². The van der Waals surface area contributed by atoms with E-state index in [1.165, 1.54) is 340 Å². The lowest BCUT2D eigenvalue weighted by Gasteiger charge is -2.19. The number of esters is 2. The summed E-state index contributed by atoms with van der Waals surface area (Å²) in [6, 6.07) is 0.